The number of carbonyl (C=O) groups excluding carboxylic acids is 1. The highest BCUT2D eigenvalue weighted by Gasteiger charge is 2.38. The van der Waals surface area contributed by atoms with Crippen molar-refractivity contribution in [2.24, 2.45) is 0 Å². The van der Waals surface area contributed by atoms with Gasteiger partial charge < -0.3 is 14.8 Å². The molecular formula is C21H19FN6O3. The Morgan fingerprint density at radius 1 is 1.16 bits per heavy atom. The molecule has 0 aromatic carbocycles. The lowest BCUT2D eigenvalue weighted by Crippen LogP contribution is -2.39. The van der Waals surface area contributed by atoms with Gasteiger partial charge in [0.2, 0.25) is 12.7 Å². The molecule has 1 fully saturated rings. The molecule has 0 unspecified atom stereocenters. The monoisotopic (exact) mass is 422 g/mol. The van der Waals surface area contributed by atoms with Gasteiger partial charge in [-0.15, -0.1) is 0 Å². The molecule has 0 spiro atoms. The van der Waals surface area contributed by atoms with Gasteiger partial charge in [0.15, 0.2) is 17.3 Å². The Bertz CT molecular complexity index is 1080. The Balaban J connectivity index is 1.28. The van der Waals surface area contributed by atoms with Crippen molar-refractivity contribution >= 4 is 11.7 Å². The second kappa shape index (κ2) is 8.23. The molecule has 0 aliphatic carbocycles. The van der Waals surface area contributed by atoms with Gasteiger partial charge in [0.05, 0.1) is 24.1 Å². The van der Waals surface area contributed by atoms with Crippen LogP contribution in [0.5, 0.6) is 11.5 Å². The van der Waals surface area contributed by atoms with Gasteiger partial charge in [0.1, 0.15) is 11.9 Å². The molecule has 9 nitrogen and oxygen atoms in total. The summed E-state index contributed by atoms with van der Waals surface area (Å²) in [5, 5.41) is 2.74. The Kier molecular flexibility index (Phi) is 5.13. The largest absolute Gasteiger partial charge is 0.453 e. The Morgan fingerprint density at radius 2 is 2.10 bits per heavy atom. The second-order valence-corrected chi connectivity index (χ2v) is 7.29. The van der Waals surface area contributed by atoms with Crippen molar-refractivity contribution in [1.82, 2.24) is 24.8 Å². The molecule has 31 heavy (non-hydrogen) atoms. The minimum atomic E-state index is -1.11. The lowest BCUT2D eigenvalue weighted by molar-refractivity contribution is -0.120. The average molecular weight is 422 g/mol. The third kappa shape index (κ3) is 4.02. The van der Waals surface area contributed by atoms with E-state index in [2.05, 4.69) is 25.3 Å². The van der Waals surface area contributed by atoms with Gasteiger partial charge in [-0.2, -0.15) is 0 Å². The van der Waals surface area contributed by atoms with Crippen molar-refractivity contribution in [2.75, 3.05) is 18.7 Å². The fourth-order valence-electron chi connectivity index (χ4n) is 3.76. The van der Waals surface area contributed by atoms with Crippen LogP contribution < -0.4 is 14.8 Å². The molecule has 3 aromatic rings. The first-order valence-corrected chi connectivity index (χ1v) is 9.82. The quantitative estimate of drug-likeness (QED) is 0.668. The van der Waals surface area contributed by atoms with Crippen LogP contribution in [0.4, 0.5) is 10.2 Å². The van der Waals surface area contributed by atoms with E-state index >= 15 is 0 Å². The van der Waals surface area contributed by atoms with E-state index in [1.54, 1.807) is 35.8 Å². The summed E-state index contributed by atoms with van der Waals surface area (Å²) >= 11 is 0. The van der Waals surface area contributed by atoms with Crippen molar-refractivity contribution in [2.45, 2.75) is 25.2 Å². The van der Waals surface area contributed by atoms with Crippen LogP contribution in [-0.4, -0.2) is 56.3 Å². The number of nitrogens with zero attached hydrogens (tertiary/aromatic N) is 5. The van der Waals surface area contributed by atoms with E-state index in [1.807, 2.05) is 12.1 Å². The molecule has 3 aromatic heterocycles. The highest BCUT2D eigenvalue weighted by atomic mass is 19.1. The van der Waals surface area contributed by atoms with E-state index in [0.29, 0.717) is 28.7 Å². The summed E-state index contributed by atoms with van der Waals surface area (Å²) in [6, 6.07) is 4.74. The molecule has 5 rings (SSSR count). The normalized spacial score (nSPS) is 20.0. The summed E-state index contributed by atoms with van der Waals surface area (Å²) in [6.45, 7) is 0.532. The lowest BCUT2D eigenvalue weighted by atomic mass is 10.2. The number of hydrogen-bond donors (Lipinski definition) is 1. The number of anilines is 1. The maximum absolute atomic E-state index is 14.2. The Hall–Kier alpha value is -3.66. The first-order chi connectivity index (χ1) is 15.2. The third-order valence-corrected chi connectivity index (χ3v) is 5.23. The smallest absolute Gasteiger partial charge is 0.243 e. The van der Waals surface area contributed by atoms with Crippen molar-refractivity contribution in [1.29, 1.82) is 0 Å². The molecule has 2 aliphatic heterocycles. The van der Waals surface area contributed by atoms with Gasteiger partial charge in [-0.25, -0.2) is 9.37 Å². The molecule has 2 aliphatic rings. The molecule has 0 bridgehead atoms. The minimum absolute atomic E-state index is 0.0966. The predicted octanol–water partition coefficient (Wildman–Crippen LogP) is 2.21. The predicted molar refractivity (Wildman–Crippen MR) is 108 cm³/mol. The summed E-state index contributed by atoms with van der Waals surface area (Å²) in [5.74, 6) is 1.11. The van der Waals surface area contributed by atoms with Crippen molar-refractivity contribution in [3.8, 4) is 22.8 Å². The number of rotatable bonds is 5. The standard InChI is InChI=1S/C21H19FN6O3/c22-14-6-17(28(10-14)11-16-20-18(3-5-24-16)30-12-31-20)21(29)27-19-9-25-15(8-26-19)13-2-1-4-23-7-13/h1-5,7-9,14,17H,6,10-12H2,(H,26,27,29)/t14-,17+/m0/s1. The number of aromatic nitrogens is 4. The van der Waals surface area contributed by atoms with Crippen LogP contribution in [0, 0.1) is 0 Å². The van der Waals surface area contributed by atoms with E-state index in [4.69, 9.17) is 9.47 Å². The first-order valence-electron chi connectivity index (χ1n) is 9.82. The van der Waals surface area contributed by atoms with Gasteiger partial charge >= 0.3 is 0 Å². The number of fused-ring (bicyclic) bond motifs is 1. The first kappa shape index (κ1) is 19.3. The highest BCUT2D eigenvalue weighted by molar-refractivity contribution is 5.94. The molecule has 1 saturated heterocycles. The molecule has 1 N–H and O–H groups in total. The zero-order valence-electron chi connectivity index (χ0n) is 16.4. The van der Waals surface area contributed by atoms with E-state index in [1.165, 1.54) is 6.20 Å². The maximum atomic E-state index is 14.2. The number of amides is 1. The number of ether oxygens (including phenoxy) is 2. The van der Waals surface area contributed by atoms with Gasteiger partial charge in [-0.3, -0.25) is 24.6 Å². The van der Waals surface area contributed by atoms with E-state index in [-0.39, 0.29) is 32.2 Å². The van der Waals surface area contributed by atoms with E-state index in [0.717, 1.165) is 5.56 Å². The van der Waals surface area contributed by atoms with Crippen LogP contribution in [-0.2, 0) is 11.3 Å². The van der Waals surface area contributed by atoms with Gasteiger partial charge in [-0.1, -0.05) is 0 Å². The zero-order chi connectivity index (χ0) is 21.2. The molecule has 0 saturated carbocycles. The minimum Gasteiger partial charge on any atom is -0.453 e. The molecule has 5 heterocycles. The van der Waals surface area contributed by atoms with Crippen LogP contribution >= 0.6 is 0 Å². The number of likely N-dealkylation sites (tertiary alicyclic amines) is 1. The zero-order valence-corrected chi connectivity index (χ0v) is 16.4. The number of carbonyl (C=O) groups is 1. The summed E-state index contributed by atoms with van der Waals surface area (Å²) in [5.41, 5.74) is 2.08. The number of hydrogen-bond acceptors (Lipinski definition) is 8. The van der Waals surface area contributed by atoms with E-state index in [9.17, 15) is 9.18 Å². The van der Waals surface area contributed by atoms with Crippen LogP contribution in [0.2, 0.25) is 0 Å². The molecule has 0 radical (unpaired) electrons. The van der Waals surface area contributed by atoms with Gasteiger partial charge in [0, 0.05) is 49.7 Å². The van der Waals surface area contributed by atoms with Crippen LogP contribution in [0.25, 0.3) is 11.3 Å². The number of nitrogens with one attached hydrogen (secondary N) is 1. The lowest BCUT2D eigenvalue weighted by Gasteiger charge is -2.23. The summed E-state index contributed by atoms with van der Waals surface area (Å²) in [7, 11) is 0. The van der Waals surface area contributed by atoms with Gasteiger partial charge in [-0.05, 0) is 12.1 Å². The second-order valence-electron chi connectivity index (χ2n) is 7.29. The summed E-state index contributed by atoms with van der Waals surface area (Å²) in [4.78, 5) is 31.6. The Morgan fingerprint density at radius 3 is 2.90 bits per heavy atom. The Labute approximate surface area is 177 Å². The fraction of sp³-hybridized carbons (Fsp3) is 0.286. The summed E-state index contributed by atoms with van der Waals surface area (Å²) in [6.07, 6.45) is 7.00. The molecule has 158 valence electrons. The number of alkyl halides is 1. The van der Waals surface area contributed by atoms with Crippen molar-refractivity contribution in [3.63, 3.8) is 0 Å². The van der Waals surface area contributed by atoms with Crippen LogP contribution in [0.1, 0.15) is 12.1 Å². The van der Waals surface area contributed by atoms with Crippen LogP contribution in [0.15, 0.2) is 49.2 Å². The topological polar surface area (TPSA) is 102 Å². The molecule has 2 atom stereocenters. The van der Waals surface area contributed by atoms with E-state index < -0.39 is 12.2 Å². The molecular weight excluding hydrogens is 403 g/mol. The van der Waals surface area contributed by atoms with Crippen molar-refractivity contribution in [3.05, 3.63) is 54.9 Å². The SMILES string of the molecule is O=C(Nc1cnc(-c2cccnc2)cn1)[C@H]1C[C@H](F)CN1Cc1nccc2c1OCO2. The average Bonchev–Trinajstić information content (AvgIpc) is 3.42. The third-order valence-electron chi connectivity index (χ3n) is 5.23. The number of pyridine rings is 2. The fourth-order valence-corrected chi connectivity index (χ4v) is 3.76. The maximum Gasteiger partial charge on any atom is 0.243 e. The van der Waals surface area contributed by atoms with Crippen molar-refractivity contribution < 1.29 is 18.7 Å². The van der Waals surface area contributed by atoms with Gasteiger partial charge in [0.25, 0.3) is 0 Å². The number of halogens is 1. The highest BCUT2D eigenvalue weighted by Crippen LogP contribution is 2.35. The molecule has 10 heteroatoms. The van der Waals surface area contributed by atoms with Crippen LogP contribution in [0.3, 0.4) is 0 Å². The molecule has 1 amide bonds. The summed E-state index contributed by atoms with van der Waals surface area (Å²) < 4.78 is 25.1.